The van der Waals surface area contributed by atoms with E-state index in [0.717, 1.165) is 0 Å². The normalized spacial score (nSPS) is 11.8. The van der Waals surface area contributed by atoms with Gasteiger partial charge in [-0.2, -0.15) is 0 Å². The molecule has 0 atom stereocenters. The van der Waals surface area contributed by atoms with Crippen molar-refractivity contribution < 1.29 is 0 Å². The van der Waals surface area contributed by atoms with Gasteiger partial charge in [0.1, 0.15) is 0 Å². The minimum Gasteiger partial charge on any atom is -0.317 e. The quantitative estimate of drug-likeness (QED) is 0.353. The van der Waals surface area contributed by atoms with Gasteiger partial charge >= 0.3 is 0 Å². The number of rotatable bonds is 19. The van der Waals surface area contributed by atoms with Crippen molar-refractivity contribution in [3.8, 4) is 0 Å². The molecule has 0 bridgehead atoms. The Balaban J connectivity index is 3.12. The van der Waals surface area contributed by atoms with Crippen molar-refractivity contribution in [1.82, 2.24) is 20.4 Å². The summed E-state index contributed by atoms with van der Waals surface area (Å²) in [6.07, 6.45) is 7.85. The Morgan fingerprint density at radius 1 is 0.458 bits per heavy atom. The first-order valence-electron chi connectivity index (χ1n) is 10.6. The zero-order valence-corrected chi connectivity index (χ0v) is 17.2. The highest BCUT2D eigenvalue weighted by atomic mass is 15.1. The van der Waals surface area contributed by atoms with Crippen molar-refractivity contribution in [3.63, 3.8) is 0 Å². The van der Waals surface area contributed by atoms with Crippen LogP contribution in [0.2, 0.25) is 0 Å². The molecule has 0 spiro atoms. The second-order valence-electron chi connectivity index (χ2n) is 6.68. The van der Waals surface area contributed by atoms with Gasteiger partial charge in [0.25, 0.3) is 0 Å². The third-order valence-corrected chi connectivity index (χ3v) is 4.90. The van der Waals surface area contributed by atoms with E-state index in [1.165, 1.54) is 104 Å². The molecule has 0 aromatic carbocycles. The van der Waals surface area contributed by atoms with Gasteiger partial charge in [-0.05, 0) is 104 Å². The predicted molar refractivity (Wildman–Crippen MR) is 109 cm³/mol. The second-order valence-corrected chi connectivity index (χ2v) is 6.68. The zero-order valence-electron chi connectivity index (χ0n) is 17.2. The third-order valence-electron chi connectivity index (χ3n) is 4.90. The number of nitrogens with one attached hydrogen (secondary N) is 2. The second kappa shape index (κ2) is 19.2. The summed E-state index contributed by atoms with van der Waals surface area (Å²) in [5.41, 5.74) is 0. The van der Waals surface area contributed by atoms with E-state index in [1.54, 1.807) is 0 Å². The number of hydrogen-bond acceptors (Lipinski definition) is 4. The molecule has 0 rings (SSSR count). The average molecular weight is 343 g/mol. The van der Waals surface area contributed by atoms with Gasteiger partial charge in [0.15, 0.2) is 0 Å². The fourth-order valence-corrected chi connectivity index (χ4v) is 3.00. The van der Waals surface area contributed by atoms with Crippen LogP contribution in [-0.2, 0) is 0 Å². The number of unbranched alkanes of at least 4 members (excludes halogenated alkanes) is 3. The lowest BCUT2D eigenvalue weighted by Gasteiger charge is -2.17. The highest BCUT2D eigenvalue weighted by Crippen LogP contribution is 1.95. The van der Waals surface area contributed by atoms with Crippen LogP contribution in [0.1, 0.15) is 66.2 Å². The number of nitrogens with zero attached hydrogens (tertiary/aromatic N) is 2. The molecule has 0 aliphatic heterocycles. The van der Waals surface area contributed by atoms with E-state index in [4.69, 9.17) is 0 Å². The van der Waals surface area contributed by atoms with Crippen LogP contribution in [0.3, 0.4) is 0 Å². The van der Waals surface area contributed by atoms with Gasteiger partial charge in [0.2, 0.25) is 0 Å². The van der Waals surface area contributed by atoms with Crippen LogP contribution in [0.15, 0.2) is 0 Å². The predicted octanol–water partition coefficient (Wildman–Crippen LogP) is 3.19. The lowest BCUT2D eigenvalue weighted by molar-refractivity contribution is 0.296. The first-order valence-corrected chi connectivity index (χ1v) is 10.6. The minimum absolute atomic E-state index is 1.18. The molecular formula is C20H46N4. The SMILES string of the molecule is CCN(CC)CCCCNCCCCNCCCCN(CC)CC. The van der Waals surface area contributed by atoms with E-state index in [0.29, 0.717) is 0 Å². The van der Waals surface area contributed by atoms with Crippen LogP contribution in [0.25, 0.3) is 0 Å². The molecule has 0 aliphatic carbocycles. The van der Waals surface area contributed by atoms with Crippen LogP contribution >= 0.6 is 0 Å². The summed E-state index contributed by atoms with van der Waals surface area (Å²) in [5, 5.41) is 7.16. The molecule has 0 heterocycles. The van der Waals surface area contributed by atoms with Crippen LogP contribution in [-0.4, -0.2) is 75.2 Å². The molecule has 0 aliphatic rings. The van der Waals surface area contributed by atoms with E-state index in [9.17, 15) is 0 Å². The molecule has 0 fully saturated rings. The molecule has 0 radical (unpaired) electrons. The first kappa shape index (κ1) is 23.8. The van der Waals surface area contributed by atoms with Crippen molar-refractivity contribution >= 4 is 0 Å². The van der Waals surface area contributed by atoms with Crippen LogP contribution < -0.4 is 10.6 Å². The maximum Gasteiger partial charge on any atom is -0.00185 e. The third kappa shape index (κ3) is 15.4. The fraction of sp³-hybridized carbons (Fsp3) is 1.00. The zero-order chi connectivity index (χ0) is 17.9. The van der Waals surface area contributed by atoms with Crippen LogP contribution in [0.5, 0.6) is 0 Å². The summed E-state index contributed by atoms with van der Waals surface area (Å²) >= 11 is 0. The number of hydrogen-bond donors (Lipinski definition) is 2. The van der Waals surface area contributed by atoms with Crippen molar-refractivity contribution in [2.24, 2.45) is 0 Å². The smallest absolute Gasteiger partial charge is 0.00185 e. The lowest BCUT2D eigenvalue weighted by Crippen LogP contribution is -2.25. The maximum absolute atomic E-state index is 3.58. The van der Waals surface area contributed by atoms with Gasteiger partial charge in [0.05, 0.1) is 0 Å². The molecule has 24 heavy (non-hydrogen) atoms. The van der Waals surface area contributed by atoms with Crippen molar-refractivity contribution in [2.45, 2.75) is 66.2 Å². The molecule has 0 saturated carbocycles. The van der Waals surface area contributed by atoms with Gasteiger partial charge < -0.3 is 20.4 Å². The molecule has 146 valence electrons. The van der Waals surface area contributed by atoms with Gasteiger partial charge in [-0.3, -0.25) is 0 Å². The molecule has 0 unspecified atom stereocenters. The van der Waals surface area contributed by atoms with Crippen molar-refractivity contribution in [2.75, 3.05) is 65.4 Å². The van der Waals surface area contributed by atoms with E-state index < -0.39 is 0 Å². The fourth-order valence-electron chi connectivity index (χ4n) is 3.00. The van der Waals surface area contributed by atoms with Crippen LogP contribution in [0, 0.1) is 0 Å². The summed E-state index contributed by atoms with van der Waals surface area (Å²) in [6.45, 7) is 21.0. The molecule has 0 saturated heterocycles. The molecule has 2 N–H and O–H groups in total. The Morgan fingerprint density at radius 2 is 0.750 bits per heavy atom. The molecule has 4 nitrogen and oxygen atoms in total. The van der Waals surface area contributed by atoms with E-state index in [-0.39, 0.29) is 0 Å². The van der Waals surface area contributed by atoms with Gasteiger partial charge in [-0.25, -0.2) is 0 Å². The first-order chi connectivity index (χ1) is 11.8. The summed E-state index contributed by atoms with van der Waals surface area (Å²) in [6, 6.07) is 0. The van der Waals surface area contributed by atoms with Gasteiger partial charge in [0, 0.05) is 0 Å². The van der Waals surface area contributed by atoms with Gasteiger partial charge in [-0.15, -0.1) is 0 Å². The largest absolute Gasteiger partial charge is 0.317 e. The Labute approximate surface area is 152 Å². The Bertz CT molecular complexity index is 204. The van der Waals surface area contributed by atoms with E-state index in [1.807, 2.05) is 0 Å². The molecule has 0 aromatic rings. The monoisotopic (exact) mass is 342 g/mol. The van der Waals surface area contributed by atoms with E-state index in [2.05, 4.69) is 48.1 Å². The van der Waals surface area contributed by atoms with Crippen LogP contribution in [0.4, 0.5) is 0 Å². The maximum atomic E-state index is 3.58. The molecule has 4 heteroatoms. The summed E-state index contributed by atoms with van der Waals surface area (Å²) in [7, 11) is 0. The molecule has 0 amide bonds. The summed E-state index contributed by atoms with van der Waals surface area (Å²) in [5.74, 6) is 0. The average Bonchev–Trinajstić information content (AvgIpc) is 2.62. The Kier molecular flexibility index (Phi) is 19.0. The van der Waals surface area contributed by atoms with E-state index >= 15 is 0 Å². The molecular weight excluding hydrogens is 296 g/mol. The summed E-state index contributed by atoms with van der Waals surface area (Å²) in [4.78, 5) is 5.02. The van der Waals surface area contributed by atoms with Crippen molar-refractivity contribution in [1.29, 1.82) is 0 Å². The highest BCUT2D eigenvalue weighted by Gasteiger charge is 1.99. The minimum atomic E-state index is 1.18. The Hall–Kier alpha value is -0.160. The standard InChI is InChI=1S/C20H46N4/c1-5-23(6-2)19-13-11-17-21-15-9-10-16-22-18-12-14-20-24(7-3)8-4/h21-22H,5-20H2,1-4H3. The lowest BCUT2D eigenvalue weighted by atomic mass is 10.2. The van der Waals surface area contributed by atoms with Gasteiger partial charge in [-0.1, -0.05) is 27.7 Å². The molecule has 0 aromatic heterocycles. The summed E-state index contributed by atoms with van der Waals surface area (Å²) < 4.78 is 0. The topological polar surface area (TPSA) is 30.5 Å². The Morgan fingerprint density at radius 3 is 1.04 bits per heavy atom. The van der Waals surface area contributed by atoms with Crippen molar-refractivity contribution in [3.05, 3.63) is 0 Å². The highest BCUT2D eigenvalue weighted by molar-refractivity contribution is 4.57.